The van der Waals surface area contributed by atoms with Gasteiger partial charge in [-0.2, -0.15) is 0 Å². The van der Waals surface area contributed by atoms with Crippen LogP contribution in [-0.4, -0.2) is 22.9 Å². The van der Waals surface area contributed by atoms with Crippen molar-refractivity contribution in [2.75, 3.05) is 7.11 Å². The van der Waals surface area contributed by atoms with Crippen molar-refractivity contribution < 1.29 is 13.9 Å². The van der Waals surface area contributed by atoms with Gasteiger partial charge in [0.15, 0.2) is 0 Å². The molecule has 2 aromatic carbocycles. The van der Waals surface area contributed by atoms with Crippen LogP contribution in [0.15, 0.2) is 82.8 Å². The van der Waals surface area contributed by atoms with Crippen LogP contribution in [0.25, 0.3) is 11.5 Å². The number of benzene rings is 2. The quantitative estimate of drug-likeness (QED) is 0.395. The number of oxazole rings is 1. The minimum Gasteiger partial charge on any atom is -0.496 e. The fourth-order valence-corrected chi connectivity index (χ4v) is 3.95. The van der Waals surface area contributed by atoms with Crippen LogP contribution in [0.2, 0.25) is 0 Å². The van der Waals surface area contributed by atoms with Crippen LogP contribution in [0.4, 0.5) is 0 Å². The fourth-order valence-electron chi connectivity index (χ4n) is 3.23. The monoisotopic (exact) mass is 418 g/mol. The van der Waals surface area contributed by atoms with Gasteiger partial charge in [0.1, 0.15) is 12.0 Å². The summed E-state index contributed by atoms with van der Waals surface area (Å²) in [6, 6.07) is 21.5. The number of para-hydroxylation sites is 1. The lowest BCUT2D eigenvalue weighted by molar-refractivity contribution is -0.131. The van der Waals surface area contributed by atoms with E-state index in [9.17, 15) is 4.79 Å². The molecule has 0 fully saturated rings. The van der Waals surface area contributed by atoms with Crippen molar-refractivity contribution in [2.24, 2.45) is 0 Å². The first-order valence-corrected chi connectivity index (χ1v) is 10.5. The zero-order valence-electron chi connectivity index (χ0n) is 16.7. The third-order valence-corrected chi connectivity index (χ3v) is 5.60. The van der Waals surface area contributed by atoms with Crippen LogP contribution in [0, 0.1) is 0 Å². The van der Waals surface area contributed by atoms with Gasteiger partial charge >= 0.3 is 0 Å². The normalized spacial score (nSPS) is 10.7. The molecule has 5 nitrogen and oxygen atoms in total. The van der Waals surface area contributed by atoms with E-state index >= 15 is 0 Å². The summed E-state index contributed by atoms with van der Waals surface area (Å²) >= 11 is 1.64. The number of rotatable bonds is 8. The molecule has 2 aromatic heterocycles. The molecule has 0 radical (unpaired) electrons. The van der Waals surface area contributed by atoms with Crippen molar-refractivity contribution in [3.05, 3.63) is 94.5 Å². The first-order valence-electron chi connectivity index (χ1n) is 9.65. The van der Waals surface area contributed by atoms with Crippen molar-refractivity contribution in [3.63, 3.8) is 0 Å². The Hall–Kier alpha value is -3.38. The van der Waals surface area contributed by atoms with Gasteiger partial charge in [0, 0.05) is 22.5 Å². The second kappa shape index (κ2) is 9.41. The molecule has 0 aliphatic rings. The third kappa shape index (κ3) is 4.78. The molecule has 0 aliphatic carbocycles. The van der Waals surface area contributed by atoms with Crippen LogP contribution in [-0.2, 0) is 24.3 Å². The first kappa shape index (κ1) is 19.9. The van der Waals surface area contributed by atoms with Crippen molar-refractivity contribution in [3.8, 4) is 17.2 Å². The van der Waals surface area contributed by atoms with E-state index in [4.69, 9.17) is 9.15 Å². The molecule has 30 heavy (non-hydrogen) atoms. The van der Waals surface area contributed by atoms with Gasteiger partial charge in [-0.25, -0.2) is 4.98 Å². The van der Waals surface area contributed by atoms with E-state index in [-0.39, 0.29) is 12.3 Å². The van der Waals surface area contributed by atoms with Gasteiger partial charge < -0.3 is 14.1 Å². The Morgan fingerprint density at radius 2 is 1.83 bits per heavy atom. The van der Waals surface area contributed by atoms with Gasteiger partial charge in [0.25, 0.3) is 0 Å². The molecule has 0 saturated carbocycles. The largest absolute Gasteiger partial charge is 0.496 e. The average molecular weight is 419 g/mol. The highest BCUT2D eigenvalue weighted by molar-refractivity contribution is 7.09. The van der Waals surface area contributed by atoms with E-state index in [0.717, 1.165) is 21.8 Å². The molecular formula is C24H22N2O3S. The molecule has 0 aliphatic heterocycles. The zero-order chi connectivity index (χ0) is 20.8. The highest BCUT2D eigenvalue weighted by atomic mass is 32.1. The summed E-state index contributed by atoms with van der Waals surface area (Å²) in [5, 5.41) is 2.02. The molecule has 6 heteroatoms. The summed E-state index contributed by atoms with van der Waals surface area (Å²) in [5.74, 6) is 1.28. The smallest absolute Gasteiger partial charge is 0.229 e. The van der Waals surface area contributed by atoms with Crippen LogP contribution < -0.4 is 4.74 Å². The molecule has 0 bridgehead atoms. The molecule has 0 atom stereocenters. The highest BCUT2D eigenvalue weighted by Crippen LogP contribution is 2.23. The molecule has 0 unspecified atom stereocenters. The molecule has 0 N–H and O–H groups in total. The van der Waals surface area contributed by atoms with Crippen molar-refractivity contribution in [2.45, 2.75) is 19.5 Å². The van der Waals surface area contributed by atoms with Crippen LogP contribution >= 0.6 is 11.3 Å². The summed E-state index contributed by atoms with van der Waals surface area (Å²) in [6.45, 7) is 1.00. The number of carbonyl (C=O) groups excluding carboxylic acids is 1. The van der Waals surface area contributed by atoms with Crippen molar-refractivity contribution in [1.29, 1.82) is 0 Å². The van der Waals surface area contributed by atoms with Crippen LogP contribution in [0.3, 0.4) is 0 Å². The molecule has 4 rings (SSSR count). The Balaban J connectivity index is 1.53. The lowest BCUT2D eigenvalue weighted by atomic mass is 10.1. The van der Waals surface area contributed by atoms with Gasteiger partial charge in [0.05, 0.1) is 25.8 Å². The Kier molecular flexibility index (Phi) is 6.25. The summed E-state index contributed by atoms with van der Waals surface area (Å²) in [7, 11) is 1.64. The Morgan fingerprint density at radius 1 is 1.03 bits per heavy atom. The van der Waals surface area contributed by atoms with E-state index in [2.05, 4.69) is 4.98 Å². The molecule has 152 valence electrons. The summed E-state index contributed by atoms with van der Waals surface area (Å²) in [4.78, 5) is 20.7. The lowest BCUT2D eigenvalue weighted by Crippen LogP contribution is -2.31. The van der Waals surface area contributed by atoms with Gasteiger partial charge in [-0.3, -0.25) is 4.79 Å². The average Bonchev–Trinajstić information content (AvgIpc) is 3.46. The Bertz CT molecular complexity index is 1090. The van der Waals surface area contributed by atoms with Crippen LogP contribution in [0.1, 0.15) is 16.1 Å². The van der Waals surface area contributed by atoms with E-state index in [1.807, 2.05) is 77.0 Å². The maximum absolute atomic E-state index is 13.2. The second-order valence-corrected chi connectivity index (χ2v) is 7.86. The first-order chi connectivity index (χ1) is 14.7. The van der Waals surface area contributed by atoms with E-state index < -0.39 is 0 Å². The minimum absolute atomic E-state index is 0.0118. The Morgan fingerprint density at radius 3 is 2.60 bits per heavy atom. The van der Waals surface area contributed by atoms with Crippen molar-refractivity contribution >= 4 is 17.2 Å². The number of carbonyl (C=O) groups is 1. The summed E-state index contributed by atoms with van der Waals surface area (Å²) in [6.07, 6.45) is 1.74. The number of hydrogen-bond acceptors (Lipinski definition) is 5. The number of ether oxygens (including phenoxy) is 1. The summed E-state index contributed by atoms with van der Waals surface area (Å²) in [5.41, 5.74) is 2.48. The molecule has 0 saturated heterocycles. The number of aromatic nitrogens is 1. The third-order valence-electron chi connectivity index (χ3n) is 4.74. The maximum Gasteiger partial charge on any atom is 0.229 e. The van der Waals surface area contributed by atoms with E-state index in [1.165, 1.54) is 0 Å². The van der Waals surface area contributed by atoms with E-state index in [0.29, 0.717) is 24.7 Å². The lowest BCUT2D eigenvalue weighted by Gasteiger charge is -2.23. The molecule has 1 amide bonds. The fraction of sp³-hybridized carbons (Fsp3) is 0.167. The predicted molar refractivity (Wildman–Crippen MR) is 117 cm³/mol. The molecule has 4 aromatic rings. The topological polar surface area (TPSA) is 55.6 Å². The van der Waals surface area contributed by atoms with Gasteiger partial charge in [-0.15, -0.1) is 11.3 Å². The second-order valence-electron chi connectivity index (χ2n) is 6.83. The standard InChI is InChI=1S/C24H22N2O3S/c1-28-22-12-6-5-10-19(22)15-26(16-21-11-7-13-30-21)23(27)14-20-17-29-24(25-20)18-8-3-2-4-9-18/h2-13,17H,14-16H2,1H3. The molecular weight excluding hydrogens is 396 g/mol. The van der Waals surface area contributed by atoms with Crippen LogP contribution in [0.5, 0.6) is 5.75 Å². The number of hydrogen-bond donors (Lipinski definition) is 0. The van der Waals surface area contributed by atoms with Crippen molar-refractivity contribution in [1.82, 2.24) is 9.88 Å². The SMILES string of the molecule is COc1ccccc1CN(Cc1cccs1)C(=O)Cc1coc(-c2ccccc2)n1. The predicted octanol–water partition coefficient (Wildman–Crippen LogP) is 5.18. The number of methoxy groups -OCH3 is 1. The van der Waals surface area contributed by atoms with E-state index in [1.54, 1.807) is 24.7 Å². The Labute approximate surface area is 179 Å². The molecule has 0 spiro atoms. The van der Waals surface area contributed by atoms with Gasteiger partial charge in [0.2, 0.25) is 11.8 Å². The minimum atomic E-state index is -0.0118. The number of amides is 1. The maximum atomic E-state index is 13.2. The van der Waals surface area contributed by atoms with Gasteiger partial charge in [-0.1, -0.05) is 42.5 Å². The number of nitrogens with zero attached hydrogens (tertiary/aromatic N) is 2. The summed E-state index contributed by atoms with van der Waals surface area (Å²) < 4.78 is 11.1. The van der Waals surface area contributed by atoms with Gasteiger partial charge in [-0.05, 0) is 29.6 Å². The zero-order valence-corrected chi connectivity index (χ0v) is 17.5. The highest BCUT2D eigenvalue weighted by Gasteiger charge is 2.19. The molecule has 2 heterocycles. The number of thiophene rings is 1.